The molecule has 1 rings (SSSR count). The second-order valence-electron chi connectivity index (χ2n) is 8.45. The zero-order valence-electron chi connectivity index (χ0n) is 19.5. The number of rotatable bonds is 19. The fourth-order valence-electron chi connectivity index (χ4n) is 3.80. The van der Waals surface area contributed by atoms with Gasteiger partial charge in [0.25, 0.3) is 0 Å². The van der Waals surface area contributed by atoms with Crippen LogP contribution in [0.4, 0.5) is 0 Å². The molecule has 0 spiro atoms. The van der Waals surface area contributed by atoms with E-state index in [1.165, 1.54) is 89.0 Å². The van der Waals surface area contributed by atoms with Crippen molar-refractivity contribution in [2.24, 2.45) is 0 Å². The number of nitrogens with zero attached hydrogens (tertiary/aromatic N) is 1. The first-order valence-corrected chi connectivity index (χ1v) is 13.0. The highest BCUT2D eigenvalue weighted by atomic mass is 32.1. The lowest BCUT2D eigenvalue weighted by molar-refractivity contribution is 0.516. The first kappa shape index (κ1) is 26.1. The maximum absolute atomic E-state index is 4.56. The molecule has 166 valence electrons. The lowest BCUT2D eigenvalue weighted by Crippen LogP contribution is -2.30. The van der Waals surface area contributed by atoms with Crippen LogP contribution < -0.4 is 5.32 Å². The lowest BCUT2D eigenvalue weighted by atomic mass is 10.0. The van der Waals surface area contributed by atoms with Gasteiger partial charge in [0.2, 0.25) is 0 Å². The van der Waals surface area contributed by atoms with E-state index < -0.39 is 0 Å². The maximum atomic E-state index is 4.56. The molecular weight excluding hydrogens is 372 g/mol. The molecule has 1 heterocycles. The van der Waals surface area contributed by atoms with E-state index in [1.807, 2.05) is 6.08 Å². The van der Waals surface area contributed by atoms with Crippen LogP contribution in [-0.4, -0.2) is 17.6 Å². The molecule has 0 aliphatic rings. The van der Waals surface area contributed by atoms with Crippen molar-refractivity contribution < 1.29 is 0 Å². The summed E-state index contributed by atoms with van der Waals surface area (Å²) in [5.41, 5.74) is 2.44. The number of hydrogen-bond acceptors (Lipinski definition) is 3. The summed E-state index contributed by atoms with van der Waals surface area (Å²) < 4.78 is 0. The topological polar surface area (TPSA) is 24.9 Å². The minimum absolute atomic E-state index is 0.381. The Kier molecular flexibility index (Phi) is 16.1. The van der Waals surface area contributed by atoms with Gasteiger partial charge in [-0.3, -0.25) is 0 Å². The average molecular weight is 419 g/mol. The first-order chi connectivity index (χ1) is 14.2. The molecule has 0 radical (unpaired) electrons. The van der Waals surface area contributed by atoms with Crippen LogP contribution in [0.3, 0.4) is 0 Å². The second kappa shape index (κ2) is 17.9. The van der Waals surface area contributed by atoms with Crippen LogP contribution in [0.1, 0.15) is 114 Å². The molecule has 2 nitrogen and oxygen atoms in total. The van der Waals surface area contributed by atoms with Crippen LogP contribution in [0.2, 0.25) is 0 Å². The van der Waals surface area contributed by atoms with Gasteiger partial charge < -0.3 is 5.32 Å². The Bertz CT molecular complexity index is 547. The third-order valence-corrected chi connectivity index (χ3v) is 6.43. The quantitative estimate of drug-likeness (QED) is 0.180. The Morgan fingerprint density at radius 3 is 2.03 bits per heavy atom. The lowest BCUT2D eigenvalue weighted by Gasteiger charge is -2.18. The minimum Gasteiger partial charge on any atom is -0.310 e. The summed E-state index contributed by atoms with van der Waals surface area (Å²) in [7, 11) is 0. The van der Waals surface area contributed by atoms with E-state index in [-0.39, 0.29) is 0 Å². The third-order valence-electron chi connectivity index (χ3n) is 5.64. The Morgan fingerprint density at radius 1 is 1.00 bits per heavy atom. The Morgan fingerprint density at radius 2 is 1.55 bits per heavy atom. The van der Waals surface area contributed by atoms with Crippen molar-refractivity contribution in [3.63, 3.8) is 0 Å². The first-order valence-electron chi connectivity index (χ1n) is 12.1. The summed E-state index contributed by atoms with van der Waals surface area (Å²) in [5.74, 6) is 0. The van der Waals surface area contributed by atoms with E-state index in [9.17, 15) is 0 Å². The molecule has 29 heavy (non-hydrogen) atoms. The van der Waals surface area contributed by atoms with E-state index in [4.69, 9.17) is 0 Å². The number of nitrogens with one attached hydrogen (secondary N) is 1. The molecule has 1 aromatic rings. The minimum atomic E-state index is 0.381. The van der Waals surface area contributed by atoms with E-state index in [0.29, 0.717) is 6.04 Å². The molecule has 0 fully saturated rings. The van der Waals surface area contributed by atoms with Crippen LogP contribution >= 0.6 is 11.3 Å². The number of thiazole rings is 1. The van der Waals surface area contributed by atoms with Crippen LogP contribution in [0.25, 0.3) is 6.08 Å². The van der Waals surface area contributed by atoms with E-state index in [0.717, 1.165) is 23.7 Å². The predicted molar refractivity (Wildman–Crippen MR) is 133 cm³/mol. The zero-order valence-corrected chi connectivity index (χ0v) is 20.3. The molecule has 1 aromatic heterocycles. The van der Waals surface area contributed by atoms with Gasteiger partial charge in [0.05, 0.1) is 10.7 Å². The Hall–Kier alpha value is -0.930. The summed E-state index contributed by atoms with van der Waals surface area (Å²) in [4.78, 5) is 4.56. The van der Waals surface area contributed by atoms with Gasteiger partial charge in [0.1, 0.15) is 0 Å². The zero-order chi connectivity index (χ0) is 21.2. The van der Waals surface area contributed by atoms with Crippen molar-refractivity contribution in [1.82, 2.24) is 10.3 Å². The van der Waals surface area contributed by atoms with Crippen molar-refractivity contribution >= 4 is 17.4 Å². The molecule has 0 aromatic carbocycles. The smallest absolute Gasteiger partial charge is 0.0901 e. The average Bonchev–Trinajstić information content (AvgIpc) is 3.11. The molecule has 0 amide bonds. The highest BCUT2D eigenvalue weighted by molar-refractivity contribution is 7.09. The highest BCUT2D eigenvalue weighted by Gasteiger charge is 2.09. The van der Waals surface area contributed by atoms with E-state index >= 15 is 0 Å². The van der Waals surface area contributed by atoms with Crippen LogP contribution in [0.15, 0.2) is 23.6 Å². The van der Waals surface area contributed by atoms with Gasteiger partial charge in [-0.2, -0.15) is 0 Å². The van der Waals surface area contributed by atoms with Crippen molar-refractivity contribution in [3.8, 4) is 0 Å². The largest absolute Gasteiger partial charge is 0.310 e. The molecule has 1 unspecified atom stereocenters. The van der Waals surface area contributed by atoms with E-state index in [2.05, 4.69) is 49.1 Å². The normalized spacial score (nSPS) is 13.0. The summed E-state index contributed by atoms with van der Waals surface area (Å²) in [6.45, 7) is 11.6. The summed E-state index contributed by atoms with van der Waals surface area (Å²) in [6, 6.07) is 0.381. The predicted octanol–water partition coefficient (Wildman–Crippen LogP) is 8.48. The molecular formula is C26H46N2S. The number of unbranched alkanes of at least 4 members (excludes halogenated alkanes) is 12. The fourth-order valence-corrected chi connectivity index (χ4v) is 4.37. The number of hydrogen-bond donors (Lipinski definition) is 1. The van der Waals surface area contributed by atoms with Gasteiger partial charge in [-0.25, -0.2) is 4.98 Å². The van der Waals surface area contributed by atoms with Crippen molar-refractivity contribution in [2.75, 3.05) is 6.54 Å². The van der Waals surface area contributed by atoms with Gasteiger partial charge in [0, 0.05) is 11.4 Å². The molecule has 0 aliphatic heterocycles. The van der Waals surface area contributed by atoms with Crippen LogP contribution in [0, 0.1) is 6.92 Å². The fraction of sp³-hybridized carbons (Fsp3) is 0.731. The molecule has 1 atom stereocenters. The van der Waals surface area contributed by atoms with Crippen molar-refractivity contribution in [1.29, 1.82) is 0 Å². The number of aryl methyl sites for hydroxylation is 1. The Balaban J connectivity index is 2.04. The van der Waals surface area contributed by atoms with Gasteiger partial charge in [0.15, 0.2) is 0 Å². The molecule has 0 bridgehead atoms. The van der Waals surface area contributed by atoms with Gasteiger partial charge in [-0.05, 0) is 39.3 Å². The van der Waals surface area contributed by atoms with Gasteiger partial charge in [-0.1, -0.05) is 95.6 Å². The van der Waals surface area contributed by atoms with Crippen LogP contribution in [-0.2, 0) is 0 Å². The van der Waals surface area contributed by atoms with Gasteiger partial charge in [-0.15, -0.1) is 17.9 Å². The summed E-state index contributed by atoms with van der Waals surface area (Å²) in [6.07, 6.45) is 23.5. The standard InChI is InChI=1S/C26H46N2S/c1-5-7-8-9-10-11-12-13-14-15-16-17-18-20-27-26(19-6-2)23(3)21-25-22-29-24(4)28-25/h6,21-22,26-27H,2,5,7-20H2,1,3-4H3/b23-21+. The van der Waals surface area contributed by atoms with Crippen molar-refractivity contribution in [2.45, 2.75) is 117 Å². The summed E-state index contributed by atoms with van der Waals surface area (Å²) >= 11 is 1.71. The maximum Gasteiger partial charge on any atom is 0.0901 e. The van der Waals surface area contributed by atoms with E-state index in [1.54, 1.807) is 11.3 Å². The second-order valence-corrected chi connectivity index (χ2v) is 9.52. The highest BCUT2D eigenvalue weighted by Crippen LogP contribution is 2.16. The van der Waals surface area contributed by atoms with Crippen LogP contribution in [0.5, 0.6) is 0 Å². The van der Waals surface area contributed by atoms with Crippen molar-refractivity contribution in [3.05, 3.63) is 34.3 Å². The molecule has 1 N–H and O–H groups in total. The SMILES string of the molecule is C=CCC(NCCCCCCCCCCCCCCC)/C(C)=C/c1csc(C)n1. The Labute approximate surface area is 185 Å². The molecule has 0 saturated carbocycles. The van der Waals surface area contributed by atoms with Gasteiger partial charge >= 0.3 is 0 Å². The molecule has 0 saturated heterocycles. The third kappa shape index (κ3) is 13.8. The molecule has 0 aliphatic carbocycles. The monoisotopic (exact) mass is 418 g/mol. The number of aromatic nitrogens is 1. The molecule has 3 heteroatoms. The summed E-state index contributed by atoms with van der Waals surface area (Å²) in [5, 5.41) is 6.99.